The summed E-state index contributed by atoms with van der Waals surface area (Å²) >= 11 is 0. The van der Waals surface area contributed by atoms with Crippen molar-refractivity contribution < 1.29 is 39.5 Å². The number of aliphatic hydroxyl groups is 4. The topological polar surface area (TPSA) is 178 Å². The van der Waals surface area contributed by atoms with E-state index < -0.39 is 36.0 Å². The summed E-state index contributed by atoms with van der Waals surface area (Å²) in [7, 11) is 2.95. The minimum atomic E-state index is -1.66. The molecule has 6 atom stereocenters. The number of fused-ring (bicyclic) bond motifs is 1. The molecule has 3 heterocycles. The molecule has 0 spiro atoms. The maximum absolute atomic E-state index is 12.2. The Kier molecular flexibility index (Phi) is 13.6. The van der Waals surface area contributed by atoms with Crippen LogP contribution < -0.4 is 10.9 Å². The number of aliphatic hydroxyl groups excluding tert-OH is 3. The number of hydrogen-bond acceptors (Lipinski definition) is 11. The minimum absolute atomic E-state index is 0.0577. The first-order chi connectivity index (χ1) is 20.4. The van der Waals surface area contributed by atoms with E-state index in [4.69, 9.17) is 9.47 Å². The molecule has 3 aliphatic heterocycles. The van der Waals surface area contributed by atoms with Gasteiger partial charge in [0.2, 0.25) is 5.91 Å². The summed E-state index contributed by atoms with van der Waals surface area (Å²) in [6.45, 7) is 5.28. The smallest absolute Gasteiger partial charge is 0.330 e. The van der Waals surface area contributed by atoms with Crippen LogP contribution in [0.4, 0.5) is 5.69 Å². The van der Waals surface area contributed by atoms with E-state index >= 15 is 0 Å². The molecule has 0 bridgehead atoms. The zero-order valence-corrected chi connectivity index (χ0v) is 26.5. The lowest BCUT2D eigenvalue weighted by Gasteiger charge is -2.43. The normalized spacial score (nSPS) is 24.3. The van der Waals surface area contributed by atoms with Crippen LogP contribution in [-0.2, 0) is 19.1 Å². The summed E-state index contributed by atoms with van der Waals surface area (Å²) in [5.74, 6) is -0.804. The van der Waals surface area contributed by atoms with Gasteiger partial charge in [0, 0.05) is 17.9 Å². The standard InChI is InChI=1S/C30H44N2O9S2/c1-18(14-22-26(36)28(37)30(39,17-41-22)12-9-10-19(2)20(3)33)15-24(35)40-13-8-6-4-5-7-11-23(34)32-25-27-21(16-42-43-27)31-29(25)38/h9-10,15-16,19-20,22,26,28,33,36-37,39H,4-8,11-14,17H2,1-3H3,(H,31,38)(H,32,34). The van der Waals surface area contributed by atoms with Crippen LogP contribution in [0.15, 0.2) is 34.0 Å². The lowest BCUT2D eigenvalue weighted by molar-refractivity contribution is -0.232. The number of ether oxygens (including phenoxy) is 2. The van der Waals surface area contributed by atoms with Gasteiger partial charge in [0.1, 0.15) is 23.5 Å². The number of unbranched alkanes of at least 4 members (excludes halogenated alkanes) is 4. The average molecular weight is 641 g/mol. The Morgan fingerprint density at radius 2 is 1.95 bits per heavy atom. The number of carbonyl (C=O) groups is 2. The van der Waals surface area contributed by atoms with Crippen molar-refractivity contribution in [2.45, 2.75) is 102 Å². The Morgan fingerprint density at radius 3 is 2.70 bits per heavy atom. The molecule has 1 saturated heterocycles. The molecule has 0 aromatic heterocycles. The highest BCUT2D eigenvalue weighted by molar-refractivity contribution is 7.70. The van der Waals surface area contributed by atoms with Crippen LogP contribution in [-0.4, -0.2) is 80.5 Å². The molecule has 43 heavy (non-hydrogen) atoms. The molecular formula is C30H44N2O9S2. The largest absolute Gasteiger partial charge is 0.463 e. The molecule has 1 fully saturated rings. The molecular weight excluding hydrogens is 596 g/mol. The Hall–Kier alpha value is -2.39. The molecule has 0 aromatic rings. The number of H-pyrrole nitrogens is 1. The second-order valence-corrected chi connectivity index (χ2v) is 13.5. The first kappa shape index (κ1) is 35.1. The van der Waals surface area contributed by atoms with E-state index in [1.54, 1.807) is 26.0 Å². The summed E-state index contributed by atoms with van der Waals surface area (Å²) in [5, 5.41) is 46.1. The quantitative estimate of drug-likeness (QED) is 0.0526. The zero-order chi connectivity index (χ0) is 31.6. The van der Waals surface area contributed by atoms with E-state index in [0.717, 1.165) is 29.8 Å². The second-order valence-electron chi connectivity index (χ2n) is 11.4. The van der Waals surface area contributed by atoms with Crippen LogP contribution in [0.3, 0.4) is 0 Å². The van der Waals surface area contributed by atoms with Gasteiger partial charge < -0.3 is 40.2 Å². The molecule has 13 heteroatoms. The van der Waals surface area contributed by atoms with E-state index in [-0.39, 0.29) is 43.4 Å². The third-order valence-corrected chi connectivity index (χ3v) is 9.76. The van der Waals surface area contributed by atoms with Crippen LogP contribution in [0.5, 0.6) is 0 Å². The van der Waals surface area contributed by atoms with Crippen LogP contribution in [0.2, 0.25) is 0 Å². The summed E-state index contributed by atoms with van der Waals surface area (Å²) < 4.78 is 10.9. The first-order valence-corrected chi connectivity index (χ1v) is 16.9. The summed E-state index contributed by atoms with van der Waals surface area (Å²) in [5.41, 5.74) is -0.252. The molecule has 11 nitrogen and oxygen atoms in total. The number of amides is 1. The fourth-order valence-electron chi connectivity index (χ4n) is 4.76. The van der Waals surface area contributed by atoms with Crippen molar-refractivity contribution in [1.29, 1.82) is 0 Å². The van der Waals surface area contributed by atoms with Crippen LogP contribution in [0.1, 0.15) is 72.1 Å². The van der Waals surface area contributed by atoms with Gasteiger partial charge in [-0.3, -0.25) is 9.59 Å². The van der Waals surface area contributed by atoms with E-state index in [1.165, 1.54) is 26.8 Å². The number of aromatic amines is 1. The van der Waals surface area contributed by atoms with E-state index in [1.807, 2.05) is 12.3 Å². The molecule has 0 radical (unpaired) electrons. The average Bonchev–Trinajstić information content (AvgIpc) is 3.52. The number of hydrogen-bond donors (Lipinski definition) is 6. The van der Waals surface area contributed by atoms with Crippen molar-refractivity contribution in [2.75, 3.05) is 18.5 Å². The van der Waals surface area contributed by atoms with Crippen molar-refractivity contribution in [3.63, 3.8) is 0 Å². The first-order valence-electron chi connectivity index (χ1n) is 14.7. The lowest BCUT2D eigenvalue weighted by Crippen LogP contribution is -2.61. The summed E-state index contributed by atoms with van der Waals surface area (Å²) in [6, 6.07) is 0. The molecule has 0 aromatic carbocycles. The van der Waals surface area contributed by atoms with Crippen molar-refractivity contribution >= 4 is 38.2 Å². The lowest BCUT2D eigenvalue weighted by atomic mass is 9.83. The van der Waals surface area contributed by atoms with Crippen molar-refractivity contribution in [3.05, 3.63) is 39.5 Å². The summed E-state index contributed by atoms with van der Waals surface area (Å²) in [6.07, 6.45) is 5.15. The number of nitrogens with one attached hydrogen (secondary N) is 2. The molecule has 3 rings (SSSR count). The Bertz CT molecular complexity index is 1270. The van der Waals surface area contributed by atoms with Crippen molar-refractivity contribution in [1.82, 2.24) is 4.98 Å². The fraction of sp³-hybridized carbons (Fsp3) is 0.633. The predicted molar refractivity (Wildman–Crippen MR) is 166 cm³/mol. The summed E-state index contributed by atoms with van der Waals surface area (Å²) in [4.78, 5) is 39.9. The molecule has 1 amide bonds. The van der Waals surface area contributed by atoms with Crippen LogP contribution >= 0.6 is 20.7 Å². The van der Waals surface area contributed by atoms with Gasteiger partial charge in [-0.15, -0.1) is 0 Å². The second kappa shape index (κ2) is 16.6. The molecule has 0 saturated carbocycles. The zero-order valence-electron chi connectivity index (χ0n) is 24.9. The Morgan fingerprint density at radius 1 is 1.23 bits per heavy atom. The van der Waals surface area contributed by atoms with Crippen molar-refractivity contribution in [3.8, 4) is 10.6 Å². The predicted octanol–water partition coefficient (Wildman–Crippen LogP) is 3.58. The number of rotatable bonds is 16. The van der Waals surface area contributed by atoms with Gasteiger partial charge in [0.05, 0.1) is 36.0 Å². The molecule has 6 N–H and O–H groups in total. The van der Waals surface area contributed by atoms with E-state index in [0.29, 0.717) is 30.5 Å². The van der Waals surface area contributed by atoms with Gasteiger partial charge in [-0.25, -0.2) is 4.79 Å². The van der Waals surface area contributed by atoms with Gasteiger partial charge in [-0.2, -0.15) is 0 Å². The van der Waals surface area contributed by atoms with E-state index in [2.05, 4.69) is 10.3 Å². The maximum Gasteiger partial charge on any atom is 0.330 e. The monoisotopic (exact) mass is 640 g/mol. The maximum atomic E-state index is 12.2. The number of carbonyl (C=O) groups excluding carboxylic acids is 2. The third-order valence-electron chi connectivity index (χ3n) is 7.66. The van der Waals surface area contributed by atoms with Gasteiger partial charge in [0.25, 0.3) is 5.56 Å². The SMILES string of the molecule is CC(=CC(=O)OCCCCCCCC(=O)Nc1c2sscc-2[nH]c1=O)CC1OCC(O)(CC=CC(C)C(C)O)C(O)C1O. The Labute approximate surface area is 259 Å². The number of anilines is 1. The molecule has 240 valence electrons. The minimum Gasteiger partial charge on any atom is -0.463 e. The number of esters is 1. The van der Waals surface area contributed by atoms with Crippen LogP contribution in [0, 0.1) is 5.92 Å². The van der Waals surface area contributed by atoms with Gasteiger partial charge in [-0.1, -0.05) is 64.6 Å². The number of aromatic nitrogens is 1. The van der Waals surface area contributed by atoms with Crippen LogP contribution in [0.25, 0.3) is 10.6 Å². The van der Waals surface area contributed by atoms with Gasteiger partial charge >= 0.3 is 5.97 Å². The highest BCUT2D eigenvalue weighted by Crippen LogP contribution is 2.35. The van der Waals surface area contributed by atoms with Gasteiger partial charge in [-0.05, 0) is 45.4 Å². The van der Waals surface area contributed by atoms with Crippen molar-refractivity contribution in [2.24, 2.45) is 5.92 Å². The molecule has 6 unspecified atom stereocenters. The Balaban J connectivity index is 1.27. The third kappa shape index (κ3) is 10.3. The van der Waals surface area contributed by atoms with Gasteiger partial charge in [0.15, 0.2) is 0 Å². The molecule has 3 aliphatic rings. The fourth-order valence-corrected chi connectivity index (χ4v) is 6.92. The van der Waals surface area contributed by atoms with E-state index in [9.17, 15) is 34.8 Å². The molecule has 0 aliphatic carbocycles. The highest BCUT2D eigenvalue weighted by atomic mass is 32.9. The highest BCUT2D eigenvalue weighted by Gasteiger charge is 2.47.